The number of aromatic nitrogens is 1. The lowest BCUT2D eigenvalue weighted by atomic mass is 9.92. The number of nitrogens with zero attached hydrogens (tertiary/aromatic N) is 2. The highest BCUT2D eigenvalue weighted by molar-refractivity contribution is 5.95. The smallest absolute Gasteiger partial charge is 0.290 e. The Labute approximate surface area is 228 Å². The third kappa shape index (κ3) is 5.92. The molecule has 1 aliphatic carbocycles. The average molecular weight is 524 g/mol. The second-order valence-electron chi connectivity index (χ2n) is 9.92. The molecular weight excluding hydrogens is 490 g/mol. The van der Waals surface area contributed by atoms with Gasteiger partial charge in [0.1, 0.15) is 17.9 Å². The number of carbonyl (C=O) groups is 1. The van der Waals surface area contributed by atoms with Crippen molar-refractivity contribution in [3.8, 4) is 23.1 Å². The van der Waals surface area contributed by atoms with E-state index in [4.69, 9.17) is 19.4 Å². The van der Waals surface area contributed by atoms with Gasteiger partial charge in [0.05, 0.1) is 30.0 Å². The van der Waals surface area contributed by atoms with Gasteiger partial charge in [-0.25, -0.2) is 0 Å². The Morgan fingerprint density at radius 2 is 1.74 bits per heavy atom. The molecule has 0 unspecified atom stereocenters. The molecule has 39 heavy (non-hydrogen) atoms. The molecule has 0 spiro atoms. The topological polar surface area (TPSA) is 96.5 Å². The number of carboxylic acid groups (broad SMARTS) is 1. The van der Waals surface area contributed by atoms with Gasteiger partial charge in [-0.15, -0.1) is 0 Å². The highest BCUT2D eigenvalue weighted by Crippen LogP contribution is 2.43. The van der Waals surface area contributed by atoms with Crippen molar-refractivity contribution >= 4 is 23.1 Å². The van der Waals surface area contributed by atoms with E-state index in [9.17, 15) is 5.26 Å². The molecule has 1 aliphatic heterocycles. The molecule has 200 valence electrons. The van der Waals surface area contributed by atoms with Crippen LogP contribution in [0.15, 0.2) is 72.8 Å². The van der Waals surface area contributed by atoms with Crippen LogP contribution in [-0.4, -0.2) is 35.5 Å². The summed E-state index contributed by atoms with van der Waals surface area (Å²) in [5.41, 5.74) is 6.26. The third-order valence-corrected chi connectivity index (χ3v) is 7.50. The van der Waals surface area contributed by atoms with Gasteiger partial charge >= 0.3 is 0 Å². The fraction of sp³-hybridized carbons (Fsp3) is 0.312. The molecule has 7 nitrogen and oxygen atoms in total. The molecule has 2 aliphatic rings. The van der Waals surface area contributed by atoms with Crippen molar-refractivity contribution in [3.63, 3.8) is 0 Å². The molecule has 6 rings (SSSR count). The summed E-state index contributed by atoms with van der Waals surface area (Å²) in [6.45, 7) is 2.04. The van der Waals surface area contributed by atoms with Crippen LogP contribution in [0, 0.1) is 11.3 Å². The van der Waals surface area contributed by atoms with Crippen molar-refractivity contribution in [2.24, 2.45) is 0 Å². The molecule has 1 aromatic heterocycles. The lowest BCUT2D eigenvalue weighted by Gasteiger charge is -2.30. The number of rotatable bonds is 7. The zero-order chi connectivity index (χ0) is 27.0. The van der Waals surface area contributed by atoms with Gasteiger partial charge in [0.2, 0.25) is 0 Å². The van der Waals surface area contributed by atoms with E-state index in [1.54, 1.807) is 0 Å². The number of ether oxygens (including phenoxy) is 2. The Bertz CT molecular complexity index is 1430. The van der Waals surface area contributed by atoms with Crippen LogP contribution >= 0.6 is 0 Å². The number of anilines is 1. The van der Waals surface area contributed by atoms with Crippen molar-refractivity contribution < 1.29 is 19.4 Å². The summed E-state index contributed by atoms with van der Waals surface area (Å²) in [4.78, 5) is 8.36. The number of hydrogen-bond donors (Lipinski definition) is 2. The molecule has 1 saturated carbocycles. The van der Waals surface area contributed by atoms with Gasteiger partial charge in [-0.3, -0.25) is 4.79 Å². The molecule has 0 bridgehead atoms. The molecule has 2 fully saturated rings. The van der Waals surface area contributed by atoms with Crippen LogP contribution in [-0.2, 0) is 16.1 Å². The van der Waals surface area contributed by atoms with Gasteiger partial charge in [0.25, 0.3) is 6.47 Å². The molecular formula is C32H33N3O4. The van der Waals surface area contributed by atoms with Gasteiger partial charge in [-0.05, 0) is 54.7 Å². The van der Waals surface area contributed by atoms with Crippen molar-refractivity contribution in [2.45, 2.75) is 50.8 Å². The van der Waals surface area contributed by atoms with E-state index in [2.05, 4.69) is 76.6 Å². The minimum Gasteiger partial charge on any atom is -0.490 e. The van der Waals surface area contributed by atoms with Gasteiger partial charge < -0.3 is 24.5 Å². The number of hydrogen-bond acceptors (Lipinski definition) is 5. The molecule has 0 amide bonds. The maximum Gasteiger partial charge on any atom is 0.290 e. The van der Waals surface area contributed by atoms with Crippen LogP contribution in [0.25, 0.3) is 22.2 Å². The molecule has 2 N–H and O–H groups in total. The maximum absolute atomic E-state index is 10.2. The minimum atomic E-state index is -0.250. The van der Waals surface area contributed by atoms with E-state index in [0.717, 1.165) is 84.6 Å². The number of fused-ring (bicyclic) bond motifs is 1. The van der Waals surface area contributed by atoms with E-state index < -0.39 is 0 Å². The summed E-state index contributed by atoms with van der Waals surface area (Å²) in [7, 11) is 0. The molecule has 2 heterocycles. The Morgan fingerprint density at radius 1 is 1.03 bits per heavy atom. The van der Waals surface area contributed by atoms with E-state index >= 15 is 0 Å². The summed E-state index contributed by atoms with van der Waals surface area (Å²) in [5, 5.41) is 21.6. The number of nitrogens with one attached hydrogen (secondary N) is 1. The maximum atomic E-state index is 10.2. The zero-order valence-electron chi connectivity index (χ0n) is 21.9. The van der Waals surface area contributed by atoms with Gasteiger partial charge in [-0.1, -0.05) is 42.5 Å². The molecule has 1 saturated heterocycles. The summed E-state index contributed by atoms with van der Waals surface area (Å²) in [6, 6.07) is 28.1. The Kier molecular flexibility index (Phi) is 8.45. The highest BCUT2D eigenvalue weighted by Gasteiger charge is 2.28. The average Bonchev–Trinajstić information content (AvgIpc) is 3.26. The van der Waals surface area contributed by atoms with E-state index in [1.165, 1.54) is 12.0 Å². The molecule has 7 heteroatoms. The second-order valence-corrected chi connectivity index (χ2v) is 9.92. The standard InChI is InChI=1S/C31H31N3O2.CH2O2/c32-20-29-28-14-13-27(36-26-15-17-35-18-16-26)19-30(28)34(25-7-4-8-25)31(29)23-9-11-24(12-10-23)33-21-22-5-2-1-3-6-22;2-1-3/h1-3,5-6,9-14,19,25-26,33H,4,7-8,15-18,21H2;1H,(H,2,3). The lowest BCUT2D eigenvalue weighted by molar-refractivity contribution is -0.122. The summed E-state index contributed by atoms with van der Waals surface area (Å²) >= 11 is 0. The van der Waals surface area contributed by atoms with Crippen LogP contribution in [0.1, 0.15) is 49.3 Å². The van der Waals surface area contributed by atoms with Crippen molar-refractivity contribution in [1.29, 1.82) is 5.26 Å². The molecule has 0 atom stereocenters. The highest BCUT2D eigenvalue weighted by atomic mass is 16.5. The number of benzene rings is 3. The first-order valence-electron chi connectivity index (χ1n) is 13.5. The number of nitriles is 1. The quantitative estimate of drug-likeness (QED) is 0.259. The van der Waals surface area contributed by atoms with E-state index in [-0.39, 0.29) is 12.6 Å². The van der Waals surface area contributed by atoms with E-state index in [0.29, 0.717) is 6.04 Å². The van der Waals surface area contributed by atoms with Crippen LogP contribution in [0.4, 0.5) is 5.69 Å². The minimum absolute atomic E-state index is 0.189. The molecule has 0 radical (unpaired) electrons. The Hall–Kier alpha value is -4.28. The summed E-state index contributed by atoms with van der Waals surface area (Å²) in [5.74, 6) is 0.879. The van der Waals surface area contributed by atoms with Gasteiger partial charge in [0, 0.05) is 42.6 Å². The van der Waals surface area contributed by atoms with Gasteiger partial charge in [-0.2, -0.15) is 5.26 Å². The molecule has 3 aromatic carbocycles. The first-order chi connectivity index (χ1) is 19.2. The van der Waals surface area contributed by atoms with Crippen molar-refractivity contribution in [3.05, 3.63) is 83.9 Å². The SMILES string of the molecule is N#Cc1c(-c2ccc(NCc3ccccc3)cc2)n(C2CCC2)c2cc(OC3CCOCC3)ccc12.O=CO. The molecule has 4 aromatic rings. The lowest BCUT2D eigenvalue weighted by Crippen LogP contribution is -2.25. The van der Waals surface area contributed by atoms with Crippen LogP contribution in [0.2, 0.25) is 0 Å². The fourth-order valence-electron chi connectivity index (χ4n) is 5.32. The predicted molar refractivity (Wildman–Crippen MR) is 152 cm³/mol. The van der Waals surface area contributed by atoms with Crippen LogP contribution < -0.4 is 10.1 Å². The van der Waals surface area contributed by atoms with Crippen LogP contribution in [0.3, 0.4) is 0 Å². The summed E-state index contributed by atoms with van der Waals surface area (Å²) in [6.07, 6.45) is 5.54. The van der Waals surface area contributed by atoms with E-state index in [1.807, 2.05) is 12.1 Å². The zero-order valence-corrected chi connectivity index (χ0v) is 21.9. The van der Waals surface area contributed by atoms with Crippen LogP contribution in [0.5, 0.6) is 5.75 Å². The first kappa shape index (κ1) is 26.3. The first-order valence-corrected chi connectivity index (χ1v) is 13.5. The van der Waals surface area contributed by atoms with Gasteiger partial charge in [0.15, 0.2) is 0 Å². The Morgan fingerprint density at radius 3 is 2.38 bits per heavy atom. The largest absolute Gasteiger partial charge is 0.490 e. The third-order valence-electron chi connectivity index (χ3n) is 7.50. The Balaban J connectivity index is 0.000000983. The van der Waals surface area contributed by atoms with Crippen molar-refractivity contribution in [2.75, 3.05) is 18.5 Å². The van der Waals surface area contributed by atoms with Crippen molar-refractivity contribution in [1.82, 2.24) is 4.57 Å². The fourth-order valence-corrected chi connectivity index (χ4v) is 5.32. The predicted octanol–water partition coefficient (Wildman–Crippen LogP) is 6.78. The second kappa shape index (κ2) is 12.5. The normalized spacial score (nSPS) is 15.5. The monoisotopic (exact) mass is 523 g/mol. The summed E-state index contributed by atoms with van der Waals surface area (Å²) < 4.78 is 14.2.